The van der Waals surface area contributed by atoms with E-state index in [-0.39, 0.29) is 0 Å². The number of carbonyl (C=O) groups is 1. The molecule has 0 spiro atoms. The Kier molecular flexibility index (Phi) is 4.29. The highest BCUT2D eigenvalue weighted by Gasteiger charge is 2.42. The summed E-state index contributed by atoms with van der Waals surface area (Å²) < 4.78 is 0. The summed E-state index contributed by atoms with van der Waals surface area (Å²) in [7, 11) is 0. The molecule has 1 heterocycles. The molecular formula is C18H25NO2. The molecule has 0 amide bonds. The van der Waals surface area contributed by atoms with Crippen LogP contribution < -0.4 is 0 Å². The van der Waals surface area contributed by atoms with Crippen LogP contribution in [-0.2, 0) is 16.6 Å². The lowest BCUT2D eigenvalue weighted by atomic mass is 9.78. The van der Waals surface area contributed by atoms with Crippen molar-refractivity contribution in [2.24, 2.45) is 0 Å². The van der Waals surface area contributed by atoms with E-state index in [1.54, 1.807) is 0 Å². The minimum atomic E-state index is -0.648. The number of rotatable bonds is 5. The van der Waals surface area contributed by atoms with Crippen LogP contribution in [0.5, 0.6) is 0 Å². The molecule has 0 aromatic heterocycles. The Morgan fingerprint density at radius 3 is 2.24 bits per heavy atom. The molecule has 1 aliphatic heterocycles. The number of likely N-dealkylation sites (tertiary alicyclic amines) is 1. The van der Waals surface area contributed by atoms with Crippen LogP contribution in [0, 0.1) is 0 Å². The van der Waals surface area contributed by atoms with E-state index >= 15 is 0 Å². The molecule has 1 saturated heterocycles. The summed E-state index contributed by atoms with van der Waals surface area (Å²) in [5.74, 6) is -0.648. The predicted octanol–water partition coefficient (Wildman–Crippen LogP) is 3.22. The molecule has 1 aromatic rings. The van der Waals surface area contributed by atoms with Crippen molar-refractivity contribution in [3.63, 3.8) is 0 Å². The molecule has 21 heavy (non-hydrogen) atoms. The van der Waals surface area contributed by atoms with E-state index in [1.165, 1.54) is 31.5 Å². The number of hydrogen-bond acceptors (Lipinski definition) is 2. The molecule has 3 heteroatoms. The van der Waals surface area contributed by atoms with Crippen LogP contribution in [0.3, 0.4) is 0 Å². The molecule has 114 valence electrons. The Morgan fingerprint density at radius 1 is 1.05 bits per heavy atom. The zero-order valence-corrected chi connectivity index (χ0v) is 12.7. The summed E-state index contributed by atoms with van der Waals surface area (Å²) in [4.78, 5) is 14.2. The Morgan fingerprint density at radius 2 is 1.67 bits per heavy atom. The normalized spacial score (nSPS) is 21.7. The third-order valence-electron chi connectivity index (χ3n) is 5.29. The van der Waals surface area contributed by atoms with Gasteiger partial charge in [0.2, 0.25) is 0 Å². The lowest BCUT2D eigenvalue weighted by molar-refractivity contribution is -0.143. The third kappa shape index (κ3) is 2.98. The van der Waals surface area contributed by atoms with E-state index in [4.69, 9.17) is 0 Å². The zero-order valence-electron chi connectivity index (χ0n) is 12.7. The second kappa shape index (κ2) is 6.18. The predicted molar refractivity (Wildman–Crippen MR) is 83.6 cm³/mol. The first kappa shape index (κ1) is 14.6. The van der Waals surface area contributed by atoms with Crippen molar-refractivity contribution in [2.45, 2.75) is 50.4 Å². The van der Waals surface area contributed by atoms with Crippen molar-refractivity contribution in [1.29, 1.82) is 0 Å². The molecule has 0 bridgehead atoms. The number of benzene rings is 1. The fraction of sp³-hybridized carbons (Fsp3) is 0.611. The topological polar surface area (TPSA) is 40.5 Å². The van der Waals surface area contributed by atoms with Gasteiger partial charge in [-0.05, 0) is 56.3 Å². The molecule has 0 radical (unpaired) electrons. The maximum absolute atomic E-state index is 11.7. The van der Waals surface area contributed by atoms with E-state index < -0.39 is 11.4 Å². The first-order chi connectivity index (χ1) is 10.2. The van der Waals surface area contributed by atoms with Crippen molar-refractivity contribution in [2.75, 3.05) is 19.6 Å². The molecular weight excluding hydrogens is 262 g/mol. The summed E-state index contributed by atoms with van der Waals surface area (Å²) >= 11 is 0. The molecule has 3 rings (SSSR count). The highest BCUT2D eigenvalue weighted by Crippen LogP contribution is 2.41. The largest absolute Gasteiger partial charge is 0.481 e. The van der Waals surface area contributed by atoms with Crippen LogP contribution in [0.25, 0.3) is 0 Å². The lowest BCUT2D eigenvalue weighted by Gasteiger charge is -2.24. The molecule has 1 aliphatic carbocycles. The van der Waals surface area contributed by atoms with Gasteiger partial charge in [0, 0.05) is 6.54 Å². The van der Waals surface area contributed by atoms with Gasteiger partial charge in [0.05, 0.1) is 5.41 Å². The van der Waals surface area contributed by atoms with Crippen molar-refractivity contribution < 1.29 is 9.90 Å². The molecule has 2 aliphatic rings. The van der Waals surface area contributed by atoms with Crippen LogP contribution in [0.15, 0.2) is 24.3 Å². The second-order valence-electron chi connectivity index (χ2n) is 6.59. The molecule has 0 atom stereocenters. The summed E-state index contributed by atoms with van der Waals surface area (Å²) in [5, 5.41) is 9.63. The Labute approximate surface area is 127 Å². The first-order valence-electron chi connectivity index (χ1n) is 8.26. The van der Waals surface area contributed by atoms with E-state index in [2.05, 4.69) is 29.2 Å². The van der Waals surface area contributed by atoms with Crippen LogP contribution in [0.4, 0.5) is 0 Å². The van der Waals surface area contributed by atoms with E-state index in [1.807, 2.05) is 0 Å². The fourth-order valence-corrected chi connectivity index (χ4v) is 3.89. The molecule has 0 unspecified atom stereocenters. The van der Waals surface area contributed by atoms with Gasteiger partial charge in [0.15, 0.2) is 0 Å². The summed E-state index contributed by atoms with van der Waals surface area (Å²) in [5.41, 5.74) is 1.70. The monoisotopic (exact) mass is 287 g/mol. The van der Waals surface area contributed by atoms with Gasteiger partial charge in [-0.15, -0.1) is 0 Å². The number of hydrogen-bond donors (Lipinski definition) is 1. The first-order valence-corrected chi connectivity index (χ1v) is 8.26. The average molecular weight is 287 g/mol. The minimum absolute atomic E-state index is 0.618. The lowest BCUT2D eigenvalue weighted by Crippen LogP contribution is -2.32. The van der Waals surface area contributed by atoms with Gasteiger partial charge >= 0.3 is 5.97 Å². The summed E-state index contributed by atoms with van der Waals surface area (Å²) in [6.07, 6.45) is 7.37. The van der Waals surface area contributed by atoms with Crippen molar-refractivity contribution in [3.05, 3.63) is 35.4 Å². The Balaban J connectivity index is 1.66. The van der Waals surface area contributed by atoms with Gasteiger partial charge in [-0.1, -0.05) is 37.1 Å². The minimum Gasteiger partial charge on any atom is -0.481 e. The highest BCUT2D eigenvalue weighted by atomic mass is 16.4. The summed E-state index contributed by atoms with van der Waals surface area (Å²) in [6.45, 7) is 3.60. The number of aliphatic carboxylic acids is 1. The molecule has 1 saturated carbocycles. The smallest absolute Gasteiger partial charge is 0.314 e. The molecule has 2 fully saturated rings. The maximum Gasteiger partial charge on any atom is 0.314 e. The number of nitrogens with zero attached hydrogens (tertiary/aromatic N) is 1. The van der Waals surface area contributed by atoms with Gasteiger partial charge < -0.3 is 10.0 Å². The molecule has 1 N–H and O–H groups in total. The second-order valence-corrected chi connectivity index (χ2v) is 6.59. The van der Waals surface area contributed by atoms with E-state index in [9.17, 15) is 9.90 Å². The van der Waals surface area contributed by atoms with Crippen LogP contribution in [0.2, 0.25) is 0 Å². The van der Waals surface area contributed by atoms with E-state index in [0.717, 1.165) is 44.2 Å². The van der Waals surface area contributed by atoms with Gasteiger partial charge in [0.25, 0.3) is 0 Å². The van der Waals surface area contributed by atoms with Gasteiger partial charge in [-0.2, -0.15) is 0 Å². The Hall–Kier alpha value is -1.35. The van der Waals surface area contributed by atoms with Crippen molar-refractivity contribution in [1.82, 2.24) is 4.90 Å². The quantitative estimate of drug-likeness (QED) is 0.904. The molecule has 3 nitrogen and oxygen atoms in total. The van der Waals surface area contributed by atoms with Crippen molar-refractivity contribution >= 4 is 5.97 Å². The van der Waals surface area contributed by atoms with Gasteiger partial charge in [-0.25, -0.2) is 0 Å². The van der Waals surface area contributed by atoms with Crippen LogP contribution in [-0.4, -0.2) is 35.6 Å². The van der Waals surface area contributed by atoms with Crippen LogP contribution in [0.1, 0.15) is 49.7 Å². The van der Waals surface area contributed by atoms with Gasteiger partial charge in [-0.3, -0.25) is 4.79 Å². The summed E-state index contributed by atoms with van der Waals surface area (Å²) in [6, 6.07) is 8.38. The third-order valence-corrected chi connectivity index (χ3v) is 5.29. The zero-order chi connectivity index (χ0) is 14.7. The number of carboxylic acid groups (broad SMARTS) is 1. The standard InChI is InChI=1S/C18H25NO2/c20-17(21)18(10-1-2-11-18)16-7-5-15(6-8-16)9-14-19-12-3-4-13-19/h5-8H,1-4,9-14H2,(H,20,21). The SMILES string of the molecule is O=C(O)C1(c2ccc(CCN3CCCC3)cc2)CCCC1. The maximum atomic E-state index is 11.7. The Bertz CT molecular complexity index is 482. The van der Waals surface area contributed by atoms with E-state index in [0.29, 0.717) is 0 Å². The number of carboxylic acids is 1. The van der Waals surface area contributed by atoms with Crippen molar-refractivity contribution in [3.8, 4) is 0 Å². The van der Waals surface area contributed by atoms with Gasteiger partial charge in [0.1, 0.15) is 0 Å². The molecule has 1 aromatic carbocycles. The fourth-order valence-electron chi connectivity index (χ4n) is 3.89. The average Bonchev–Trinajstić information content (AvgIpc) is 3.18. The van der Waals surface area contributed by atoms with Crippen LogP contribution >= 0.6 is 0 Å². The highest BCUT2D eigenvalue weighted by molar-refractivity contribution is 5.81.